The molecule has 1 aromatic carbocycles. The summed E-state index contributed by atoms with van der Waals surface area (Å²) in [6.07, 6.45) is 0. The van der Waals surface area contributed by atoms with E-state index in [1.807, 2.05) is 31.2 Å². The summed E-state index contributed by atoms with van der Waals surface area (Å²) in [4.78, 5) is 15.3. The second kappa shape index (κ2) is 4.10. The van der Waals surface area contributed by atoms with Crippen LogP contribution in [0.15, 0.2) is 24.3 Å². The Morgan fingerprint density at radius 2 is 2.12 bits per heavy atom. The first kappa shape index (κ1) is 10.9. The first-order valence-corrected chi connectivity index (χ1v) is 5.28. The number of nitrogens with one attached hydrogen (secondary N) is 1. The number of hydrogen-bond donors (Lipinski definition) is 1. The molecule has 0 fully saturated rings. The van der Waals surface area contributed by atoms with Crippen LogP contribution in [-0.2, 0) is 4.79 Å². The summed E-state index contributed by atoms with van der Waals surface area (Å²) in [5, 5.41) is 4.28. The van der Waals surface area contributed by atoms with Crippen molar-refractivity contribution in [3.63, 3.8) is 0 Å². The molecule has 0 radical (unpaired) electrons. The van der Waals surface area contributed by atoms with Gasteiger partial charge in [-0.2, -0.15) is 0 Å². The molecular weight excluding hydrogens is 224 g/mol. The predicted molar refractivity (Wildman–Crippen MR) is 65.8 cm³/mol. The molecule has 0 bridgehead atoms. The number of pyridine rings is 1. The molecule has 2 aromatic rings. The lowest BCUT2D eigenvalue weighted by atomic mass is 10.2. The van der Waals surface area contributed by atoms with Crippen LogP contribution in [0.5, 0.6) is 0 Å². The number of aryl methyl sites for hydroxylation is 1. The van der Waals surface area contributed by atoms with E-state index in [4.69, 9.17) is 11.6 Å². The van der Waals surface area contributed by atoms with E-state index in [1.165, 1.54) is 6.92 Å². The molecule has 3 nitrogen and oxygen atoms in total. The summed E-state index contributed by atoms with van der Waals surface area (Å²) >= 11 is 6.09. The second-order valence-electron chi connectivity index (χ2n) is 3.66. The number of carbonyl (C=O) groups is 1. The normalized spacial score (nSPS) is 10.4. The molecule has 0 unspecified atom stereocenters. The molecule has 0 spiro atoms. The third-order valence-electron chi connectivity index (χ3n) is 2.21. The smallest absolute Gasteiger partial charge is 0.221 e. The highest BCUT2D eigenvalue weighted by molar-refractivity contribution is 6.35. The fourth-order valence-electron chi connectivity index (χ4n) is 1.59. The summed E-state index contributed by atoms with van der Waals surface area (Å²) in [5.74, 6) is -0.0990. The molecule has 4 heteroatoms. The molecule has 0 aliphatic rings. The highest BCUT2D eigenvalue weighted by Crippen LogP contribution is 2.25. The van der Waals surface area contributed by atoms with Crippen LogP contribution in [0.3, 0.4) is 0 Å². The van der Waals surface area contributed by atoms with Crippen LogP contribution in [0, 0.1) is 6.92 Å². The summed E-state index contributed by atoms with van der Waals surface area (Å²) < 4.78 is 0. The Bertz CT molecular complexity index is 566. The van der Waals surface area contributed by atoms with Crippen LogP contribution in [-0.4, -0.2) is 10.9 Å². The molecule has 0 saturated heterocycles. The van der Waals surface area contributed by atoms with Crippen LogP contribution in [0.2, 0.25) is 5.02 Å². The van der Waals surface area contributed by atoms with Crippen molar-refractivity contribution in [2.45, 2.75) is 13.8 Å². The van der Waals surface area contributed by atoms with E-state index in [0.29, 0.717) is 5.02 Å². The number of rotatable bonds is 1. The van der Waals surface area contributed by atoms with Gasteiger partial charge in [0.25, 0.3) is 0 Å². The molecule has 0 aliphatic carbocycles. The van der Waals surface area contributed by atoms with E-state index in [-0.39, 0.29) is 5.91 Å². The lowest BCUT2D eigenvalue weighted by Gasteiger charge is -2.05. The van der Waals surface area contributed by atoms with Crippen molar-refractivity contribution in [1.29, 1.82) is 0 Å². The zero-order valence-electron chi connectivity index (χ0n) is 9.04. The van der Waals surface area contributed by atoms with Crippen molar-refractivity contribution in [1.82, 2.24) is 4.98 Å². The highest BCUT2D eigenvalue weighted by Gasteiger charge is 2.03. The number of benzene rings is 1. The second-order valence-corrected chi connectivity index (χ2v) is 4.07. The van der Waals surface area contributed by atoms with Crippen LogP contribution in [0.1, 0.15) is 12.6 Å². The SMILES string of the molecule is CC(=O)Nc1ccc2c(Cl)cc(C)nc2c1. The van der Waals surface area contributed by atoms with E-state index in [9.17, 15) is 4.79 Å². The first-order valence-electron chi connectivity index (χ1n) is 4.91. The molecule has 1 aromatic heterocycles. The molecule has 1 amide bonds. The van der Waals surface area contributed by atoms with Crippen molar-refractivity contribution in [2.75, 3.05) is 5.32 Å². The fourth-order valence-corrected chi connectivity index (χ4v) is 1.91. The molecule has 0 saturated carbocycles. The molecular formula is C12H11ClN2O. The van der Waals surface area contributed by atoms with Gasteiger partial charge < -0.3 is 5.32 Å². The molecule has 16 heavy (non-hydrogen) atoms. The minimum Gasteiger partial charge on any atom is -0.326 e. The van der Waals surface area contributed by atoms with Crippen molar-refractivity contribution >= 4 is 34.1 Å². The van der Waals surface area contributed by atoms with Gasteiger partial charge in [0.2, 0.25) is 5.91 Å². The first-order chi connectivity index (χ1) is 7.56. The Kier molecular flexibility index (Phi) is 2.79. The largest absolute Gasteiger partial charge is 0.326 e. The van der Waals surface area contributed by atoms with E-state index in [1.54, 1.807) is 0 Å². The maximum atomic E-state index is 10.9. The van der Waals surface area contributed by atoms with E-state index in [2.05, 4.69) is 10.3 Å². The van der Waals surface area contributed by atoms with Gasteiger partial charge in [-0.05, 0) is 31.2 Å². The van der Waals surface area contributed by atoms with Crippen molar-refractivity contribution < 1.29 is 4.79 Å². The average Bonchev–Trinajstić information content (AvgIpc) is 2.15. The zero-order valence-corrected chi connectivity index (χ0v) is 9.80. The summed E-state index contributed by atoms with van der Waals surface area (Å²) in [5.41, 5.74) is 2.38. The van der Waals surface area contributed by atoms with Gasteiger partial charge in [-0.1, -0.05) is 11.6 Å². The monoisotopic (exact) mass is 234 g/mol. The molecule has 0 aliphatic heterocycles. The lowest BCUT2D eigenvalue weighted by molar-refractivity contribution is -0.114. The fraction of sp³-hybridized carbons (Fsp3) is 0.167. The third kappa shape index (κ3) is 2.14. The molecule has 82 valence electrons. The minimum atomic E-state index is -0.0990. The van der Waals surface area contributed by atoms with Crippen LogP contribution >= 0.6 is 11.6 Å². The molecule has 1 N–H and O–H groups in total. The zero-order chi connectivity index (χ0) is 11.7. The minimum absolute atomic E-state index is 0.0990. The average molecular weight is 235 g/mol. The highest BCUT2D eigenvalue weighted by atomic mass is 35.5. The molecule has 2 rings (SSSR count). The van der Waals surface area contributed by atoms with E-state index < -0.39 is 0 Å². The quantitative estimate of drug-likeness (QED) is 0.824. The van der Waals surface area contributed by atoms with Crippen LogP contribution in [0.4, 0.5) is 5.69 Å². The Morgan fingerprint density at radius 3 is 2.81 bits per heavy atom. The number of anilines is 1. The molecule has 1 heterocycles. The van der Waals surface area contributed by atoms with Gasteiger partial charge in [-0.25, -0.2) is 0 Å². The Labute approximate surface area is 98.4 Å². The van der Waals surface area contributed by atoms with Crippen LogP contribution in [0.25, 0.3) is 10.9 Å². The van der Waals surface area contributed by atoms with Crippen molar-refractivity contribution in [2.24, 2.45) is 0 Å². The lowest BCUT2D eigenvalue weighted by Crippen LogP contribution is -2.05. The molecule has 0 atom stereocenters. The van der Waals surface area contributed by atoms with Gasteiger partial charge in [0.1, 0.15) is 0 Å². The number of aromatic nitrogens is 1. The predicted octanol–water partition coefficient (Wildman–Crippen LogP) is 3.16. The topological polar surface area (TPSA) is 42.0 Å². The Morgan fingerprint density at radius 1 is 1.38 bits per heavy atom. The van der Waals surface area contributed by atoms with Gasteiger partial charge in [-0.3, -0.25) is 9.78 Å². The van der Waals surface area contributed by atoms with Crippen LogP contribution < -0.4 is 5.32 Å². The van der Waals surface area contributed by atoms with E-state index >= 15 is 0 Å². The standard InChI is InChI=1S/C12H11ClN2O/c1-7-5-11(13)10-4-3-9(15-8(2)16)6-12(10)14-7/h3-6H,1-2H3,(H,15,16). The number of carbonyl (C=O) groups excluding carboxylic acids is 1. The number of hydrogen-bond acceptors (Lipinski definition) is 2. The maximum Gasteiger partial charge on any atom is 0.221 e. The Hall–Kier alpha value is -1.61. The summed E-state index contributed by atoms with van der Waals surface area (Å²) in [6.45, 7) is 3.36. The maximum absolute atomic E-state index is 10.9. The van der Waals surface area contributed by atoms with Crippen molar-refractivity contribution in [3.8, 4) is 0 Å². The Balaban J connectivity index is 2.57. The summed E-state index contributed by atoms with van der Waals surface area (Å²) in [6, 6.07) is 7.31. The van der Waals surface area contributed by atoms with Crippen molar-refractivity contribution in [3.05, 3.63) is 35.0 Å². The van der Waals surface area contributed by atoms with Gasteiger partial charge >= 0.3 is 0 Å². The van der Waals surface area contributed by atoms with Gasteiger partial charge in [-0.15, -0.1) is 0 Å². The van der Waals surface area contributed by atoms with Gasteiger partial charge in [0, 0.05) is 23.7 Å². The third-order valence-corrected chi connectivity index (χ3v) is 2.52. The number of amides is 1. The summed E-state index contributed by atoms with van der Waals surface area (Å²) in [7, 11) is 0. The van der Waals surface area contributed by atoms with E-state index in [0.717, 1.165) is 22.3 Å². The number of fused-ring (bicyclic) bond motifs is 1. The number of halogens is 1. The van der Waals surface area contributed by atoms with Gasteiger partial charge in [0.15, 0.2) is 0 Å². The van der Waals surface area contributed by atoms with Gasteiger partial charge in [0.05, 0.1) is 10.5 Å². The number of nitrogens with zero attached hydrogens (tertiary/aromatic N) is 1.